The van der Waals surface area contributed by atoms with E-state index in [9.17, 15) is 8.78 Å². The normalized spacial score (nSPS) is 22.0. The van der Waals surface area contributed by atoms with Crippen molar-refractivity contribution in [2.75, 3.05) is 44.7 Å². The number of anilines is 1. The minimum atomic E-state index is -1.28. The van der Waals surface area contributed by atoms with Crippen molar-refractivity contribution in [1.29, 1.82) is 0 Å². The number of nitrogens with zero attached hydrogens (tertiary/aromatic N) is 2. The molecule has 4 nitrogen and oxygen atoms in total. The van der Waals surface area contributed by atoms with Crippen LogP contribution in [0.5, 0.6) is 0 Å². The Morgan fingerprint density at radius 2 is 1.82 bits per heavy atom. The van der Waals surface area contributed by atoms with Gasteiger partial charge in [0.2, 0.25) is 0 Å². The van der Waals surface area contributed by atoms with E-state index in [1.54, 1.807) is 13.8 Å². The highest BCUT2D eigenvalue weighted by atomic mass is 19.1. The summed E-state index contributed by atoms with van der Waals surface area (Å²) < 4.78 is 27.5. The largest absolute Gasteiger partial charge is 0.384 e. The minimum Gasteiger partial charge on any atom is -0.384 e. The first-order chi connectivity index (χ1) is 16.3. The second-order valence-corrected chi connectivity index (χ2v) is 10.7. The molecule has 0 amide bonds. The maximum atomic E-state index is 14.9. The molecule has 2 aliphatic rings. The van der Waals surface area contributed by atoms with E-state index in [4.69, 9.17) is 0 Å². The fourth-order valence-corrected chi connectivity index (χ4v) is 5.65. The highest BCUT2D eigenvalue weighted by Gasteiger charge is 2.38. The van der Waals surface area contributed by atoms with E-state index in [1.165, 1.54) is 22.2 Å². The number of alkyl halides is 2. The average Bonchev–Trinajstić information content (AvgIpc) is 3.13. The zero-order valence-electron chi connectivity index (χ0n) is 20.5. The van der Waals surface area contributed by atoms with Crippen molar-refractivity contribution >= 4 is 16.6 Å². The lowest BCUT2D eigenvalue weighted by Gasteiger charge is -2.43. The molecule has 0 aliphatic carbocycles. The highest BCUT2D eigenvalue weighted by Crippen LogP contribution is 2.41. The number of rotatable bonds is 8. The Bertz CT molecular complexity index is 1110. The number of hydrogen-bond donors (Lipinski definition) is 2. The van der Waals surface area contributed by atoms with Crippen molar-refractivity contribution in [3.8, 4) is 0 Å². The summed E-state index contributed by atoms with van der Waals surface area (Å²) >= 11 is 0. The van der Waals surface area contributed by atoms with Gasteiger partial charge in [-0.25, -0.2) is 4.39 Å². The Labute approximate surface area is 201 Å². The first-order valence-electron chi connectivity index (χ1n) is 12.5. The molecule has 34 heavy (non-hydrogen) atoms. The van der Waals surface area contributed by atoms with Gasteiger partial charge in [0.15, 0.2) is 0 Å². The summed E-state index contributed by atoms with van der Waals surface area (Å²) in [4.78, 5) is 8.26. The molecule has 3 aromatic rings. The fraction of sp³-hybridized carbons (Fsp3) is 0.500. The van der Waals surface area contributed by atoms with Crippen LogP contribution < -0.4 is 5.32 Å². The third-order valence-corrected chi connectivity index (χ3v) is 7.31. The molecule has 5 rings (SSSR count). The quantitative estimate of drug-likeness (QED) is 0.456. The van der Waals surface area contributed by atoms with Crippen molar-refractivity contribution in [1.82, 2.24) is 14.8 Å². The van der Waals surface area contributed by atoms with Gasteiger partial charge in [0.25, 0.3) is 0 Å². The van der Waals surface area contributed by atoms with E-state index in [2.05, 4.69) is 75.6 Å². The van der Waals surface area contributed by atoms with Crippen LogP contribution in [0.3, 0.4) is 0 Å². The number of para-hydroxylation sites is 1. The Morgan fingerprint density at radius 1 is 1.09 bits per heavy atom. The smallest absolute Gasteiger partial charge is 0.118 e. The van der Waals surface area contributed by atoms with Gasteiger partial charge in [-0.05, 0) is 56.5 Å². The molecule has 2 aromatic carbocycles. The molecule has 0 bridgehead atoms. The molecule has 0 spiro atoms. The molecule has 2 aliphatic heterocycles. The molecule has 1 saturated heterocycles. The molecule has 0 radical (unpaired) electrons. The highest BCUT2D eigenvalue weighted by molar-refractivity contribution is 5.85. The molecule has 2 N–H and O–H groups in total. The molecule has 182 valence electrons. The van der Waals surface area contributed by atoms with E-state index in [0.717, 1.165) is 43.8 Å². The van der Waals surface area contributed by atoms with Crippen molar-refractivity contribution in [2.24, 2.45) is 5.92 Å². The zero-order chi connectivity index (χ0) is 23.9. The lowest BCUT2D eigenvalue weighted by atomic mass is 9.87. The number of hydrogen-bond acceptors (Lipinski definition) is 3. The van der Waals surface area contributed by atoms with Crippen molar-refractivity contribution in [3.63, 3.8) is 0 Å². The van der Waals surface area contributed by atoms with E-state index < -0.39 is 5.67 Å². The van der Waals surface area contributed by atoms with Crippen LogP contribution in [0.4, 0.5) is 14.5 Å². The first kappa shape index (κ1) is 23.3. The lowest BCUT2D eigenvalue weighted by molar-refractivity contribution is 0.0668. The van der Waals surface area contributed by atoms with Gasteiger partial charge < -0.3 is 15.2 Å². The monoisotopic (exact) mass is 466 g/mol. The van der Waals surface area contributed by atoms with E-state index >= 15 is 0 Å². The van der Waals surface area contributed by atoms with Crippen molar-refractivity contribution in [2.45, 2.75) is 44.9 Å². The summed E-state index contributed by atoms with van der Waals surface area (Å²) in [6, 6.07) is 17.2. The van der Waals surface area contributed by atoms with Crippen LogP contribution in [0.15, 0.2) is 48.5 Å². The molecule has 1 aromatic heterocycles. The maximum Gasteiger partial charge on any atom is 0.118 e. The van der Waals surface area contributed by atoms with Gasteiger partial charge in [-0.1, -0.05) is 30.3 Å². The second-order valence-electron chi connectivity index (χ2n) is 10.7. The van der Waals surface area contributed by atoms with Gasteiger partial charge >= 0.3 is 0 Å². The summed E-state index contributed by atoms with van der Waals surface area (Å²) in [6.45, 7) is 9.21. The minimum absolute atomic E-state index is 0.0195. The van der Waals surface area contributed by atoms with Gasteiger partial charge in [-0.3, -0.25) is 9.29 Å². The molecular formula is C28H36F2N4. The number of nitrogens with one attached hydrogen (secondary N) is 2. The molecule has 0 saturated carbocycles. The van der Waals surface area contributed by atoms with Gasteiger partial charge in [0.05, 0.1) is 12.7 Å². The third-order valence-electron chi connectivity index (χ3n) is 7.31. The van der Waals surface area contributed by atoms with Gasteiger partial charge in [-0.2, -0.15) is 0 Å². The SMILES string of the molecule is C[C@@H]1Cc2c([nH]c3ccccc23)[C@@H](c2ccc(NCCN3CC(CF)C3)cc2)N1CC(C)(C)F. The summed E-state index contributed by atoms with van der Waals surface area (Å²) in [6.07, 6.45) is 0.908. The number of fused-ring (bicyclic) bond motifs is 3. The molecule has 2 atom stereocenters. The Balaban J connectivity index is 1.38. The number of H-pyrrole nitrogens is 1. The number of likely N-dealkylation sites (tertiary alicyclic amines) is 1. The van der Waals surface area contributed by atoms with Gasteiger partial charge in [-0.15, -0.1) is 0 Å². The standard InChI is InChI=1S/C28H36F2N4/c1-19-14-24-23-6-4-5-7-25(23)32-26(24)27(34(19)18-28(2,3)30)21-8-10-22(11-9-21)31-12-13-33-16-20(15-29)17-33/h4-11,19-20,27,31-32H,12-18H2,1-3H3/t19-,27-/m1/s1. The number of aromatic nitrogens is 1. The van der Waals surface area contributed by atoms with Crippen molar-refractivity contribution < 1.29 is 8.78 Å². The predicted molar refractivity (Wildman–Crippen MR) is 136 cm³/mol. The Morgan fingerprint density at radius 3 is 2.53 bits per heavy atom. The van der Waals surface area contributed by atoms with E-state index in [-0.39, 0.29) is 24.7 Å². The van der Waals surface area contributed by atoms with Gasteiger partial charge in [0, 0.05) is 67.0 Å². The Kier molecular flexibility index (Phi) is 6.38. The summed E-state index contributed by atoms with van der Waals surface area (Å²) in [5.74, 6) is 0.226. The number of aromatic amines is 1. The lowest BCUT2D eigenvalue weighted by Crippen LogP contribution is -2.49. The molecular weight excluding hydrogens is 430 g/mol. The van der Waals surface area contributed by atoms with Crippen LogP contribution in [0.2, 0.25) is 0 Å². The molecule has 3 heterocycles. The summed E-state index contributed by atoms with van der Waals surface area (Å²) in [5, 5.41) is 4.76. The van der Waals surface area contributed by atoms with E-state index in [0.29, 0.717) is 6.54 Å². The first-order valence-corrected chi connectivity index (χ1v) is 12.5. The van der Waals surface area contributed by atoms with Crippen LogP contribution in [-0.4, -0.2) is 65.9 Å². The summed E-state index contributed by atoms with van der Waals surface area (Å²) in [7, 11) is 0. The fourth-order valence-electron chi connectivity index (χ4n) is 5.65. The number of halogens is 2. The topological polar surface area (TPSA) is 34.3 Å². The average molecular weight is 467 g/mol. The van der Waals surface area contributed by atoms with Crippen molar-refractivity contribution in [3.05, 3.63) is 65.4 Å². The van der Waals surface area contributed by atoms with Gasteiger partial charge in [0.1, 0.15) is 5.67 Å². The van der Waals surface area contributed by atoms with Crippen LogP contribution >= 0.6 is 0 Å². The molecule has 0 unspecified atom stereocenters. The van der Waals surface area contributed by atoms with E-state index in [1.807, 2.05) is 0 Å². The second kappa shape index (κ2) is 9.31. The maximum absolute atomic E-state index is 14.9. The summed E-state index contributed by atoms with van der Waals surface area (Å²) in [5.41, 5.74) is 4.64. The molecule has 1 fully saturated rings. The predicted octanol–water partition coefficient (Wildman–Crippen LogP) is 5.57. The van der Waals surface area contributed by atoms with Crippen LogP contribution in [0.25, 0.3) is 10.9 Å². The third kappa shape index (κ3) is 4.71. The van der Waals surface area contributed by atoms with Crippen LogP contribution in [-0.2, 0) is 6.42 Å². The molecule has 6 heteroatoms. The zero-order valence-corrected chi connectivity index (χ0v) is 20.5. The van der Waals surface area contributed by atoms with Crippen LogP contribution in [0.1, 0.15) is 43.6 Å². The Hall–Kier alpha value is -2.44. The number of benzene rings is 2. The van der Waals surface area contributed by atoms with Crippen LogP contribution in [0, 0.1) is 5.92 Å².